The average molecular weight is 434 g/mol. The van der Waals surface area contributed by atoms with Crippen LogP contribution < -0.4 is 0 Å². The number of carbonyl (C=O) groups is 1. The number of benzene rings is 1. The number of thioether (sulfide) groups is 1. The first-order valence-corrected chi connectivity index (χ1v) is 11.3. The van der Waals surface area contributed by atoms with Gasteiger partial charge in [-0.15, -0.1) is 10.2 Å². The molecule has 0 amide bonds. The SMILES string of the molecule is O=C1CCCC[C@H]1Sc1nnc(-c2ccc(Br)cc2)n1C1CCCCC1. The van der Waals surface area contributed by atoms with Crippen LogP contribution in [0.4, 0.5) is 0 Å². The Morgan fingerprint density at radius 1 is 0.962 bits per heavy atom. The minimum absolute atomic E-state index is 0.0491. The van der Waals surface area contributed by atoms with E-state index >= 15 is 0 Å². The number of halogens is 1. The second-order valence-electron chi connectivity index (χ2n) is 7.29. The van der Waals surface area contributed by atoms with Gasteiger partial charge in [-0.25, -0.2) is 0 Å². The van der Waals surface area contributed by atoms with Gasteiger partial charge in [-0.3, -0.25) is 9.36 Å². The lowest BCUT2D eigenvalue weighted by atomic mass is 9.95. The van der Waals surface area contributed by atoms with Crippen molar-refractivity contribution in [3.63, 3.8) is 0 Å². The zero-order valence-electron chi connectivity index (χ0n) is 14.9. The zero-order valence-corrected chi connectivity index (χ0v) is 17.3. The molecule has 4 nitrogen and oxygen atoms in total. The van der Waals surface area contributed by atoms with Crippen LogP contribution in [0.1, 0.15) is 63.8 Å². The molecule has 2 fully saturated rings. The van der Waals surface area contributed by atoms with E-state index in [1.165, 1.54) is 32.1 Å². The number of aromatic nitrogens is 3. The van der Waals surface area contributed by atoms with E-state index in [4.69, 9.17) is 0 Å². The molecule has 4 rings (SSSR count). The number of Topliss-reactive ketones (excluding diaryl/α,β-unsaturated/α-hetero) is 1. The lowest BCUT2D eigenvalue weighted by Crippen LogP contribution is -2.23. The molecule has 138 valence electrons. The Bertz CT molecular complexity index is 768. The maximum absolute atomic E-state index is 12.3. The molecule has 0 bridgehead atoms. The van der Waals surface area contributed by atoms with Crippen LogP contribution in [-0.4, -0.2) is 25.8 Å². The maximum Gasteiger partial charge on any atom is 0.192 e. The van der Waals surface area contributed by atoms with Crippen molar-refractivity contribution < 1.29 is 4.79 Å². The monoisotopic (exact) mass is 433 g/mol. The van der Waals surface area contributed by atoms with E-state index in [0.29, 0.717) is 11.8 Å². The van der Waals surface area contributed by atoms with Gasteiger partial charge in [0.15, 0.2) is 11.0 Å². The Balaban J connectivity index is 1.68. The first-order chi connectivity index (χ1) is 12.7. The third kappa shape index (κ3) is 3.91. The number of hydrogen-bond donors (Lipinski definition) is 0. The molecule has 0 saturated heterocycles. The topological polar surface area (TPSA) is 47.8 Å². The summed E-state index contributed by atoms with van der Waals surface area (Å²) < 4.78 is 3.39. The van der Waals surface area contributed by atoms with Gasteiger partial charge >= 0.3 is 0 Å². The van der Waals surface area contributed by atoms with Crippen LogP contribution in [0.2, 0.25) is 0 Å². The van der Waals surface area contributed by atoms with Crippen LogP contribution in [0, 0.1) is 0 Å². The van der Waals surface area contributed by atoms with E-state index in [0.717, 1.165) is 46.7 Å². The number of ketones is 1. The average Bonchev–Trinajstić information content (AvgIpc) is 3.08. The molecular formula is C20H24BrN3OS. The van der Waals surface area contributed by atoms with Crippen LogP contribution in [0.5, 0.6) is 0 Å². The molecule has 1 heterocycles. The molecule has 6 heteroatoms. The van der Waals surface area contributed by atoms with Gasteiger partial charge in [-0.1, -0.05) is 65.5 Å². The van der Waals surface area contributed by atoms with E-state index < -0.39 is 0 Å². The first kappa shape index (κ1) is 18.2. The van der Waals surface area contributed by atoms with Crippen molar-refractivity contribution in [1.29, 1.82) is 0 Å². The van der Waals surface area contributed by atoms with E-state index in [2.05, 4.69) is 42.8 Å². The molecule has 2 aromatic rings. The highest BCUT2D eigenvalue weighted by molar-refractivity contribution is 9.10. The van der Waals surface area contributed by atoms with Gasteiger partial charge in [0.1, 0.15) is 5.78 Å². The molecule has 0 unspecified atom stereocenters. The molecule has 26 heavy (non-hydrogen) atoms. The fourth-order valence-electron chi connectivity index (χ4n) is 4.02. The minimum atomic E-state index is 0.0491. The number of rotatable bonds is 4. The standard InChI is InChI=1S/C20H24BrN3OS/c21-15-12-10-14(11-13-15)19-22-23-20(24(19)16-6-2-1-3-7-16)26-18-9-5-4-8-17(18)25/h10-13,16,18H,1-9H2/t18-/m1/s1. The first-order valence-electron chi connectivity index (χ1n) is 9.62. The van der Waals surface area contributed by atoms with Crippen LogP contribution in [0.25, 0.3) is 11.4 Å². The third-order valence-corrected chi connectivity index (χ3v) is 7.25. The summed E-state index contributed by atoms with van der Waals surface area (Å²) in [6, 6.07) is 8.72. The Morgan fingerprint density at radius 2 is 1.69 bits per heavy atom. The van der Waals surface area contributed by atoms with Crippen molar-refractivity contribution in [2.75, 3.05) is 0 Å². The van der Waals surface area contributed by atoms with Gasteiger partial charge in [0.05, 0.1) is 5.25 Å². The van der Waals surface area contributed by atoms with E-state index in [9.17, 15) is 4.79 Å². The molecular weight excluding hydrogens is 410 g/mol. The van der Waals surface area contributed by atoms with Gasteiger partial charge < -0.3 is 0 Å². The fraction of sp³-hybridized carbons (Fsp3) is 0.550. The smallest absolute Gasteiger partial charge is 0.192 e. The second-order valence-corrected chi connectivity index (χ2v) is 9.38. The summed E-state index contributed by atoms with van der Waals surface area (Å²) in [5.74, 6) is 1.32. The Hall–Kier alpha value is -1.14. The summed E-state index contributed by atoms with van der Waals surface area (Å²) >= 11 is 5.15. The molecule has 0 N–H and O–H groups in total. The Kier molecular flexibility index (Phi) is 5.79. The molecule has 0 spiro atoms. The van der Waals surface area contributed by atoms with Gasteiger partial charge in [0.2, 0.25) is 0 Å². The number of nitrogens with zero attached hydrogens (tertiary/aromatic N) is 3. The zero-order chi connectivity index (χ0) is 17.9. The van der Waals surface area contributed by atoms with Crippen molar-refractivity contribution in [2.24, 2.45) is 0 Å². The normalized spacial score (nSPS) is 21.9. The summed E-state index contributed by atoms with van der Waals surface area (Å²) in [7, 11) is 0. The number of hydrogen-bond acceptors (Lipinski definition) is 4. The molecule has 1 aromatic heterocycles. The predicted molar refractivity (Wildman–Crippen MR) is 108 cm³/mol. The predicted octanol–water partition coefficient (Wildman–Crippen LogP) is 5.82. The summed E-state index contributed by atoms with van der Waals surface area (Å²) in [6.07, 6.45) is 10.0. The molecule has 0 aliphatic heterocycles. The van der Waals surface area contributed by atoms with Gasteiger partial charge in [0, 0.05) is 22.5 Å². The molecule has 2 aliphatic rings. The summed E-state index contributed by atoms with van der Waals surface area (Å²) in [5, 5.41) is 10.1. The van der Waals surface area contributed by atoms with Crippen LogP contribution in [-0.2, 0) is 4.79 Å². The highest BCUT2D eigenvalue weighted by Crippen LogP contribution is 2.38. The highest BCUT2D eigenvalue weighted by Gasteiger charge is 2.29. The van der Waals surface area contributed by atoms with Crippen LogP contribution in [0.15, 0.2) is 33.9 Å². The molecule has 1 aromatic carbocycles. The van der Waals surface area contributed by atoms with Crippen molar-refractivity contribution in [1.82, 2.24) is 14.8 Å². The lowest BCUT2D eigenvalue weighted by Gasteiger charge is -2.27. The lowest BCUT2D eigenvalue weighted by molar-refractivity contribution is -0.119. The molecule has 0 radical (unpaired) electrons. The van der Waals surface area contributed by atoms with Crippen molar-refractivity contribution in [3.8, 4) is 11.4 Å². The Labute approximate surface area is 167 Å². The summed E-state index contributed by atoms with van der Waals surface area (Å²) in [6.45, 7) is 0. The summed E-state index contributed by atoms with van der Waals surface area (Å²) in [5.41, 5.74) is 1.09. The van der Waals surface area contributed by atoms with E-state index in [1.807, 2.05) is 12.1 Å². The minimum Gasteiger partial charge on any atom is -0.299 e. The third-order valence-electron chi connectivity index (χ3n) is 5.45. The van der Waals surface area contributed by atoms with Gasteiger partial charge in [0.25, 0.3) is 0 Å². The van der Waals surface area contributed by atoms with E-state index in [-0.39, 0.29) is 5.25 Å². The molecule has 2 aliphatic carbocycles. The molecule has 2 saturated carbocycles. The maximum atomic E-state index is 12.3. The van der Waals surface area contributed by atoms with E-state index in [1.54, 1.807) is 11.8 Å². The van der Waals surface area contributed by atoms with Crippen molar-refractivity contribution in [2.45, 2.75) is 74.2 Å². The molecule has 1 atom stereocenters. The quantitative estimate of drug-likeness (QED) is 0.609. The van der Waals surface area contributed by atoms with Gasteiger partial charge in [-0.05, 0) is 37.8 Å². The van der Waals surface area contributed by atoms with Crippen LogP contribution >= 0.6 is 27.7 Å². The van der Waals surface area contributed by atoms with Crippen molar-refractivity contribution in [3.05, 3.63) is 28.7 Å². The van der Waals surface area contributed by atoms with Crippen LogP contribution in [0.3, 0.4) is 0 Å². The fourth-order valence-corrected chi connectivity index (χ4v) is 5.51. The largest absolute Gasteiger partial charge is 0.299 e. The Morgan fingerprint density at radius 3 is 2.42 bits per heavy atom. The summed E-state index contributed by atoms with van der Waals surface area (Å²) in [4.78, 5) is 12.3. The highest BCUT2D eigenvalue weighted by atomic mass is 79.9. The van der Waals surface area contributed by atoms with Crippen molar-refractivity contribution >= 4 is 33.5 Å². The second kappa shape index (κ2) is 8.26. The number of carbonyl (C=O) groups excluding carboxylic acids is 1. The van der Waals surface area contributed by atoms with Gasteiger partial charge in [-0.2, -0.15) is 0 Å².